The van der Waals surface area contributed by atoms with E-state index in [0.29, 0.717) is 5.92 Å². The van der Waals surface area contributed by atoms with Crippen LogP contribution in [0.4, 0.5) is 0 Å². The van der Waals surface area contributed by atoms with E-state index >= 15 is 0 Å². The molecule has 98 valence electrons. The second kappa shape index (κ2) is 6.07. The molecule has 0 unspecified atom stereocenters. The van der Waals surface area contributed by atoms with Crippen molar-refractivity contribution in [3.8, 4) is 0 Å². The number of aryl methyl sites for hydroxylation is 1. The van der Waals surface area contributed by atoms with E-state index in [4.69, 9.17) is 11.6 Å². The first-order valence-corrected chi connectivity index (χ1v) is 6.39. The topological polar surface area (TPSA) is 29.9 Å². The molecule has 1 N–H and O–H groups in total. The number of rotatable bonds is 5. The molecular formula is C12H21Cl2N3. The van der Waals surface area contributed by atoms with Crippen molar-refractivity contribution in [1.82, 2.24) is 15.1 Å². The van der Waals surface area contributed by atoms with Crippen molar-refractivity contribution in [2.45, 2.75) is 39.2 Å². The molecule has 1 aromatic heterocycles. The van der Waals surface area contributed by atoms with E-state index in [0.717, 1.165) is 29.9 Å². The largest absolute Gasteiger partial charge is 0.312 e. The predicted octanol–water partition coefficient (Wildman–Crippen LogP) is 3.12. The SMILES string of the molecule is CC(C)c1nn(C)c(Cl)c1CNCC1CC1.Cl. The molecule has 0 spiro atoms. The van der Waals surface area contributed by atoms with Crippen molar-refractivity contribution in [3.63, 3.8) is 0 Å². The fraction of sp³-hybridized carbons (Fsp3) is 0.750. The Morgan fingerprint density at radius 1 is 1.47 bits per heavy atom. The third-order valence-electron chi connectivity index (χ3n) is 3.08. The maximum absolute atomic E-state index is 6.25. The molecule has 3 nitrogen and oxygen atoms in total. The normalized spacial score (nSPS) is 15.1. The van der Waals surface area contributed by atoms with E-state index in [1.54, 1.807) is 4.68 Å². The van der Waals surface area contributed by atoms with E-state index in [-0.39, 0.29) is 12.4 Å². The minimum atomic E-state index is 0. The molecular weight excluding hydrogens is 257 g/mol. The van der Waals surface area contributed by atoms with Gasteiger partial charge in [-0.1, -0.05) is 25.4 Å². The van der Waals surface area contributed by atoms with Crippen LogP contribution in [-0.4, -0.2) is 16.3 Å². The lowest BCUT2D eigenvalue weighted by atomic mass is 10.1. The van der Waals surface area contributed by atoms with Gasteiger partial charge < -0.3 is 5.32 Å². The van der Waals surface area contributed by atoms with Crippen LogP contribution in [0.25, 0.3) is 0 Å². The van der Waals surface area contributed by atoms with Gasteiger partial charge in [-0.2, -0.15) is 5.10 Å². The van der Waals surface area contributed by atoms with Crippen LogP contribution in [0.3, 0.4) is 0 Å². The van der Waals surface area contributed by atoms with Crippen molar-refractivity contribution in [2.75, 3.05) is 6.54 Å². The van der Waals surface area contributed by atoms with Crippen molar-refractivity contribution in [1.29, 1.82) is 0 Å². The first-order valence-electron chi connectivity index (χ1n) is 6.01. The second-order valence-electron chi connectivity index (χ2n) is 5.01. The zero-order chi connectivity index (χ0) is 11.7. The minimum absolute atomic E-state index is 0. The van der Waals surface area contributed by atoms with Crippen molar-refractivity contribution < 1.29 is 0 Å². The van der Waals surface area contributed by atoms with Crippen molar-refractivity contribution in [3.05, 3.63) is 16.4 Å². The lowest BCUT2D eigenvalue weighted by molar-refractivity contribution is 0.632. The fourth-order valence-electron chi connectivity index (χ4n) is 1.92. The van der Waals surface area contributed by atoms with Gasteiger partial charge in [0.05, 0.1) is 5.69 Å². The van der Waals surface area contributed by atoms with Crippen LogP contribution in [0.15, 0.2) is 0 Å². The molecule has 5 heteroatoms. The number of aromatic nitrogens is 2. The molecule has 0 bridgehead atoms. The van der Waals surface area contributed by atoms with Crippen LogP contribution in [0.1, 0.15) is 43.9 Å². The number of nitrogens with zero attached hydrogens (tertiary/aromatic N) is 2. The van der Waals surface area contributed by atoms with Gasteiger partial charge in [0, 0.05) is 19.2 Å². The maximum Gasteiger partial charge on any atom is 0.131 e. The summed E-state index contributed by atoms with van der Waals surface area (Å²) in [4.78, 5) is 0. The third kappa shape index (κ3) is 3.60. The molecule has 0 radical (unpaired) electrons. The average Bonchev–Trinajstić information content (AvgIpc) is 2.99. The van der Waals surface area contributed by atoms with Crippen LogP contribution in [0.5, 0.6) is 0 Å². The Kier molecular flexibility index (Phi) is 5.29. The highest BCUT2D eigenvalue weighted by atomic mass is 35.5. The summed E-state index contributed by atoms with van der Waals surface area (Å²) in [5.41, 5.74) is 2.29. The Morgan fingerprint density at radius 2 is 2.12 bits per heavy atom. The zero-order valence-electron chi connectivity index (χ0n) is 10.7. The first kappa shape index (κ1) is 14.8. The van der Waals surface area contributed by atoms with Gasteiger partial charge in [-0.15, -0.1) is 12.4 Å². The number of hydrogen-bond acceptors (Lipinski definition) is 2. The summed E-state index contributed by atoms with van der Waals surface area (Å²) in [7, 11) is 1.90. The van der Waals surface area contributed by atoms with Crippen LogP contribution in [0, 0.1) is 5.92 Å². The van der Waals surface area contributed by atoms with Gasteiger partial charge >= 0.3 is 0 Å². The van der Waals surface area contributed by atoms with E-state index < -0.39 is 0 Å². The molecule has 1 aliphatic rings. The lowest BCUT2D eigenvalue weighted by Crippen LogP contribution is -2.17. The Morgan fingerprint density at radius 3 is 2.65 bits per heavy atom. The highest BCUT2D eigenvalue weighted by Gasteiger charge is 2.21. The van der Waals surface area contributed by atoms with Crippen molar-refractivity contribution >= 4 is 24.0 Å². The third-order valence-corrected chi connectivity index (χ3v) is 3.55. The number of halogens is 2. The predicted molar refractivity (Wildman–Crippen MR) is 74.0 cm³/mol. The van der Waals surface area contributed by atoms with E-state index in [2.05, 4.69) is 24.3 Å². The quantitative estimate of drug-likeness (QED) is 0.896. The highest BCUT2D eigenvalue weighted by Crippen LogP contribution is 2.28. The van der Waals surface area contributed by atoms with E-state index in [9.17, 15) is 0 Å². The van der Waals surface area contributed by atoms with Gasteiger partial charge in [0.25, 0.3) is 0 Å². The Balaban J connectivity index is 0.00000144. The minimum Gasteiger partial charge on any atom is -0.312 e. The van der Waals surface area contributed by atoms with Crippen LogP contribution < -0.4 is 5.32 Å². The van der Waals surface area contributed by atoms with Gasteiger partial charge in [0.15, 0.2) is 0 Å². The molecule has 1 heterocycles. The molecule has 0 atom stereocenters. The molecule has 0 amide bonds. The maximum atomic E-state index is 6.25. The molecule has 1 fully saturated rings. The van der Waals surface area contributed by atoms with E-state index in [1.807, 2.05) is 7.05 Å². The smallest absolute Gasteiger partial charge is 0.131 e. The highest BCUT2D eigenvalue weighted by molar-refractivity contribution is 6.30. The molecule has 1 aromatic rings. The van der Waals surface area contributed by atoms with Gasteiger partial charge in [0.1, 0.15) is 5.15 Å². The van der Waals surface area contributed by atoms with Crippen LogP contribution >= 0.6 is 24.0 Å². The Bertz CT molecular complexity index is 370. The summed E-state index contributed by atoms with van der Waals surface area (Å²) in [5, 5.41) is 8.71. The zero-order valence-corrected chi connectivity index (χ0v) is 12.2. The van der Waals surface area contributed by atoms with Gasteiger partial charge in [-0.25, -0.2) is 0 Å². The summed E-state index contributed by atoms with van der Waals surface area (Å²) in [5.74, 6) is 1.33. The summed E-state index contributed by atoms with van der Waals surface area (Å²) >= 11 is 6.25. The number of nitrogens with one attached hydrogen (secondary N) is 1. The monoisotopic (exact) mass is 277 g/mol. The standard InChI is InChI=1S/C12H20ClN3.ClH/c1-8(2)11-10(12(13)16(3)15-11)7-14-6-9-4-5-9;/h8-9,14H,4-7H2,1-3H3;1H. The summed E-state index contributed by atoms with van der Waals surface area (Å²) in [6.45, 7) is 6.27. The van der Waals surface area contributed by atoms with Gasteiger partial charge in [-0.3, -0.25) is 4.68 Å². The van der Waals surface area contributed by atoms with Crippen LogP contribution in [0.2, 0.25) is 5.15 Å². The first-order chi connectivity index (χ1) is 7.59. The Labute approximate surface area is 114 Å². The molecule has 1 saturated carbocycles. The molecule has 0 aromatic carbocycles. The summed E-state index contributed by atoms with van der Waals surface area (Å²) < 4.78 is 1.77. The molecule has 1 aliphatic carbocycles. The second-order valence-corrected chi connectivity index (χ2v) is 5.37. The summed E-state index contributed by atoms with van der Waals surface area (Å²) in [6, 6.07) is 0. The van der Waals surface area contributed by atoms with Crippen LogP contribution in [-0.2, 0) is 13.6 Å². The van der Waals surface area contributed by atoms with E-state index in [1.165, 1.54) is 18.4 Å². The number of hydrogen-bond donors (Lipinski definition) is 1. The fourth-order valence-corrected chi connectivity index (χ4v) is 2.12. The summed E-state index contributed by atoms with van der Waals surface area (Å²) in [6.07, 6.45) is 2.76. The van der Waals surface area contributed by atoms with Crippen molar-refractivity contribution in [2.24, 2.45) is 13.0 Å². The molecule has 0 saturated heterocycles. The Hall–Kier alpha value is -0.250. The lowest BCUT2D eigenvalue weighted by Gasteiger charge is -2.07. The average molecular weight is 278 g/mol. The van der Waals surface area contributed by atoms with Gasteiger partial charge in [-0.05, 0) is 31.2 Å². The molecule has 17 heavy (non-hydrogen) atoms. The van der Waals surface area contributed by atoms with Gasteiger partial charge in [0.2, 0.25) is 0 Å². The molecule has 0 aliphatic heterocycles. The molecule has 2 rings (SSSR count).